The zero-order chi connectivity index (χ0) is 17.1. The molecule has 2 rings (SSSR count). The lowest BCUT2D eigenvalue weighted by Crippen LogP contribution is -2.10. The predicted octanol–water partition coefficient (Wildman–Crippen LogP) is 4.39. The van der Waals surface area contributed by atoms with E-state index < -0.39 is 18.6 Å². The van der Waals surface area contributed by atoms with E-state index in [0.29, 0.717) is 0 Å². The molecule has 122 valence electrons. The quantitative estimate of drug-likeness (QED) is 0.819. The molecular formula is C14H10Cl2F2N2O3. The molecule has 23 heavy (non-hydrogen) atoms. The molecule has 0 saturated carbocycles. The van der Waals surface area contributed by atoms with Crippen molar-refractivity contribution in [3.8, 4) is 17.1 Å². The Hall–Kier alpha value is -2.12. The number of hydrogen-bond donors (Lipinski definition) is 1. The number of nitrogen functional groups attached to an aromatic ring is 1. The van der Waals surface area contributed by atoms with E-state index >= 15 is 0 Å². The minimum atomic E-state index is -1.09. The van der Waals surface area contributed by atoms with Crippen LogP contribution in [-0.4, -0.2) is 18.2 Å². The molecule has 0 atom stereocenters. The van der Waals surface area contributed by atoms with Crippen molar-refractivity contribution < 1.29 is 23.0 Å². The number of pyridine rings is 1. The van der Waals surface area contributed by atoms with E-state index in [4.69, 9.17) is 33.7 Å². The summed E-state index contributed by atoms with van der Waals surface area (Å²) in [6.45, 7) is -1.09. The second-order valence-electron chi connectivity index (χ2n) is 4.29. The minimum Gasteiger partial charge on any atom is -0.437 e. The summed E-state index contributed by atoms with van der Waals surface area (Å²) in [4.78, 5) is 15.1. The van der Waals surface area contributed by atoms with Crippen LogP contribution in [0.15, 0.2) is 18.2 Å². The molecule has 0 spiro atoms. The molecule has 0 aliphatic rings. The third-order valence-corrected chi connectivity index (χ3v) is 3.63. The van der Waals surface area contributed by atoms with Crippen molar-refractivity contribution in [3.05, 3.63) is 39.6 Å². The molecule has 9 heteroatoms. The summed E-state index contributed by atoms with van der Waals surface area (Å²) < 4.78 is 36.3. The fourth-order valence-electron chi connectivity index (χ4n) is 1.77. The van der Waals surface area contributed by atoms with Crippen LogP contribution in [0.25, 0.3) is 11.3 Å². The minimum absolute atomic E-state index is 0.00494. The first-order chi connectivity index (χ1) is 10.9. The summed E-state index contributed by atoms with van der Waals surface area (Å²) in [7, 11) is 1.09. The Kier molecular flexibility index (Phi) is 5.23. The molecule has 0 unspecified atom stereocenters. The Labute approximate surface area is 139 Å². The van der Waals surface area contributed by atoms with Crippen LogP contribution in [0.3, 0.4) is 0 Å². The molecule has 1 aromatic carbocycles. The average Bonchev–Trinajstić information content (AvgIpc) is 2.52. The molecule has 0 aliphatic carbocycles. The number of methoxy groups -OCH3 is 1. The van der Waals surface area contributed by atoms with Crippen LogP contribution >= 0.6 is 23.2 Å². The number of alkyl halides is 1. The first kappa shape index (κ1) is 17.2. The van der Waals surface area contributed by atoms with E-state index in [1.54, 1.807) is 0 Å². The van der Waals surface area contributed by atoms with Crippen molar-refractivity contribution in [2.75, 3.05) is 12.8 Å². The van der Waals surface area contributed by atoms with Gasteiger partial charge < -0.3 is 15.2 Å². The van der Waals surface area contributed by atoms with Gasteiger partial charge in [0, 0.05) is 16.1 Å². The summed E-state index contributed by atoms with van der Waals surface area (Å²) >= 11 is 11.6. The maximum Gasteiger partial charge on any atom is 0.514 e. The molecule has 5 nitrogen and oxygen atoms in total. The highest BCUT2D eigenvalue weighted by molar-refractivity contribution is 6.34. The molecule has 2 N–H and O–H groups in total. The van der Waals surface area contributed by atoms with E-state index in [1.165, 1.54) is 18.2 Å². The molecular weight excluding hydrogens is 353 g/mol. The zero-order valence-corrected chi connectivity index (χ0v) is 13.2. The smallest absolute Gasteiger partial charge is 0.437 e. The van der Waals surface area contributed by atoms with Crippen molar-refractivity contribution in [3.63, 3.8) is 0 Å². The summed E-state index contributed by atoms with van der Waals surface area (Å²) in [5.41, 5.74) is 5.31. The summed E-state index contributed by atoms with van der Waals surface area (Å²) in [5, 5.41) is -0.194. The van der Waals surface area contributed by atoms with Crippen molar-refractivity contribution in [1.29, 1.82) is 0 Å². The van der Waals surface area contributed by atoms with Gasteiger partial charge in [0.2, 0.25) is 5.88 Å². The summed E-state index contributed by atoms with van der Waals surface area (Å²) in [5.74, 6) is -1.25. The molecule has 0 saturated heterocycles. The Bertz CT molecular complexity index is 772. The third kappa shape index (κ3) is 3.46. The maximum absolute atomic E-state index is 14.3. The van der Waals surface area contributed by atoms with Gasteiger partial charge in [-0.2, -0.15) is 0 Å². The van der Waals surface area contributed by atoms with Crippen molar-refractivity contribution in [1.82, 2.24) is 4.98 Å². The lowest BCUT2D eigenvalue weighted by molar-refractivity contribution is 0.120. The fraction of sp³-hybridized carbons (Fsp3) is 0.143. The van der Waals surface area contributed by atoms with E-state index in [9.17, 15) is 13.6 Å². The van der Waals surface area contributed by atoms with Crippen LogP contribution in [0.2, 0.25) is 10.0 Å². The number of ether oxygens (including phenoxy) is 2. The second kappa shape index (κ2) is 6.97. The van der Waals surface area contributed by atoms with Gasteiger partial charge in [0.25, 0.3) is 0 Å². The van der Waals surface area contributed by atoms with Gasteiger partial charge in [0.1, 0.15) is 17.5 Å². The molecule has 0 fully saturated rings. The average molecular weight is 363 g/mol. The van der Waals surface area contributed by atoms with Crippen molar-refractivity contribution in [2.24, 2.45) is 0 Å². The first-order valence-electron chi connectivity index (χ1n) is 6.14. The summed E-state index contributed by atoms with van der Waals surface area (Å²) in [6.07, 6.45) is -1.07. The molecule has 2 aromatic rings. The Morgan fingerprint density at radius 1 is 1.39 bits per heavy atom. The number of benzene rings is 1. The highest BCUT2D eigenvalue weighted by Crippen LogP contribution is 2.35. The number of rotatable bonds is 3. The number of halogens is 4. The zero-order valence-electron chi connectivity index (χ0n) is 11.7. The number of nitrogens with zero attached hydrogens (tertiary/aromatic N) is 1. The predicted molar refractivity (Wildman–Crippen MR) is 81.9 cm³/mol. The lowest BCUT2D eigenvalue weighted by atomic mass is 10.1. The van der Waals surface area contributed by atoms with Crippen LogP contribution in [-0.2, 0) is 11.4 Å². The Balaban J connectivity index is 2.59. The Morgan fingerprint density at radius 3 is 2.70 bits per heavy atom. The van der Waals surface area contributed by atoms with E-state index in [2.05, 4.69) is 9.72 Å². The lowest BCUT2D eigenvalue weighted by Gasteiger charge is -2.11. The first-order valence-corrected chi connectivity index (χ1v) is 6.89. The number of carbonyl (C=O) groups excluding carboxylic acids is 1. The topological polar surface area (TPSA) is 74.4 Å². The van der Waals surface area contributed by atoms with Crippen LogP contribution < -0.4 is 10.5 Å². The summed E-state index contributed by atoms with van der Waals surface area (Å²) in [6, 6.07) is 3.89. The molecule has 1 heterocycles. The van der Waals surface area contributed by atoms with Gasteiger partial charge in [-0.25, -0.2) is 18.6 Å². The van der Waals surface area contributed by atoms with Gasteiger partial charge in [0.15, 0.2) is 0 Å². The molecule has 0 radical (unpaired) electrons. The normalized spacial score (nSPS) is 10.5. The molecule has 0 aliphatic heterocycles. The number of anilines is 1. The van der Waals surface area contributed by atoms with E-state index in [-0.39, 0.29) is 38.4 Å². The van der Waals surface area contributed by atoms with Gasteiger partial charge in [-0.1, -0.05) is 23.2 Å². The number of aromatic nitrogens is 1. The van der Waals surface area contributed by atoms with E-state index in [1.807, 2.05) is 0 Å². The van der Waals surface area contributed by atoms with Crippen LogP contribution in [0.5, 0.6) is 5.88 Å². The monoisotopic (exact) mass is 362 g/mol. The number of hydrogen-bond acceptors (Lipinski definition) is 5. The van der Waals surface area contributed by atoms with Gasteiger partial charge >= 0.3 is 6.16 Å². The standard InChI is InChI=1S/C14H10Cl2F2N2O3/c1-22-14(21)23-13-11(16)9(19)4-10(20-13)6-2-3-8(15)7(5-17)12(6)18/h2-4H,5H2,1H3,(H2,19,20). The van der Waals surface area contributed by atoms with Crippen LogP contribution in [0, 0.1) is 5.82 Å². The van der Waals surface area contributed by atoms with Crippen molar-refractivity contribution >= 4 is 35.0 Å². The fourth-order valence-corrected chi connectivity index (χ4v) is 2.10. The van der Waals surface area contributed by atoms with Crippen LogP contribution in [0.1, 0.15) is 5.56 Å². The van der Waals surface area contributed by atoms with Gasteiger partial charge in [0.05, 0.1) is 18.5 Å². The van der Waals surface area contributed by atoms with E-state index in [0.717, 1.165) is 7.11 Å². The van der Waals surface area contributed by atoms with Gasteiger partial charge in [-0.3, -0.25) is 0 Å². The van der Waals surface area contributed by atoms with Gasteiger partial charge in [-0.05, 0) is 18.2 Å². The molecule has 1 aromatic heterocycles. The molecule has 0 amide bonds. The molecule has 0 bridgehead atoms. The maximum atomic E-state index is 14.3. The largest absolute Gasteiger partial charge is 0.514 e. The Morgan fingerprint density at radius 2 is 2.09 bits per heavy atom. The van der Waals surface area contributed by atoms with Crippen molar-refractivity contribution in [2.45, 2.75) is 6.67 Å². The van der Waals surface area contributed by atoms with Crippen LogP contribution in [0.4, 0.5) is 19.3 Å². The number of nitrogens with two attached hydrogens (primary N) is 1. The van der Waals surface area contributed by atoms with Gasteiger partial charge in [-0.15, -0.1) is 0 Å². The third-order valence-electron chi connectivity index (χ3n) is 2.90. The highest BCUT2D eigenvalue weighted by atomic mass is 35.5. The SMILES string of the molecule is COC(=O)Oc1nc(-c2ccc(Cl)c(CF)c2F)cc(N)c1Cl. The second-order valence-corrected chi connectivity index (χ2v) is 5.08. The number of carbonyl (C=O) groups is 1. The highest BCUT2D eigenvalue weighted by Gasteiger charge is 2.19.